The highest BCUT2D eigenvalue weighted by molar-refractivity contribution is 5.94. The van der Waals surface area contributed by atoms with E-state index in [0.29, 0.717) is 25.6 Å². The summed E-state index contributed by atoms with van der Waals surface area (Å²) in [6.07, 6.45) is -2.84. The van der Waals surface area contributed by atoms with Crippen LogP contribution in [0.25, 0.3) is 11.1 Å². The highest BCUT2D eigenvalue weighted by Crippen LogP contribution is 2.36. The zero-order chi connectivity index (χ0) is 24.6. The van der Waals surface area contributed by atoms with Crippen LogP contribution in [0.2, 0.25) is 0 Å². The summed E-state index contributed by atoms with van der Waals surface area (Å²) in [5, 5.41) is 4.54. The van der Waals surface area contributed by atoms with Gasteiger partial charge in [0.05, 0.1) is 25.5 Å². The van der Waals surface area contributed by atoms with Crippen molar-refractivity contribution in [2.45, 2.75) is 38.6 Å². The maximum absolute atomic E-state index is 13.5. The van der Waals surface area contributed by atoms with Crippen molar-refractivity contribution in [3.8, 4) is 16.9 Å². The molecule has 0 bridgehead atoms. The number of H-pyrrole nitrogens is 1. The van der Waals surface area contributed by atoms with E-state index in [9.17, 15) is 22.8 Å². The average molecular weight is 476 g/mol. The average Bonchev–Trinajstić information content (AvgIpc) is 3.22. The summed E-state index contributed by atoms with van der Waals surface area (Å²) in [6, 6.07) is 6.95. The molecule has 1 unspecified atom stereocenters. The van der Waals surface area contributed by atoms with Gasteiger partial charge in [-0.1, -0.05) is 12.1 Å². The molecule has 1 aliphatic heterocycles. The van der Waals surface area contributed by atoms with E-state index in [1.165, 1.54) is 24.3 Å². The highest BCUT2D eigenvalue weighted by Gasteiger charge is 2.36. The fraction of sp³-hybridized carbons (Fsp3) is 0.348. The molecule has 0 fully saturated rings. The van der Waals surface area contributed by atoms with Crippen LogP contribution < -0.4 is 16.0 Å². The lowest BCUT2D eigenvalue weighted by atomic mass is 9.99. The number of alkyl halides is 3. The van der Waals surface area contributed by atoms with Crippen molar-refractivity contribution >= 4 is 5.91 Å². The number of fused-ring (bicyclic) bond motifs is 1. The Morgan fingerprint density at radius 2 is 2.03 bits per heavy atom. The first-order valence-electron chi connectivity index (χ1n) is 10.6. The Bertz CT molecular complexity index is 1260. The number of rotatable bonds is 6. The van der Waals surface area contributed by atoms with Gasteiger partial charge in [0.15, 0.2) is 0 Å². The molecule has 8 nitrogen and oxygen atoms in total. The van der Waals surface area contributed by atoms with Crippen molar-refractivity contribution in [2.24, 2.45) is 5.73 Å². The Labute approximate surface area is 192 Å². The number of nitrogens with zero attached hydrogens (tertiary/aromatic N) is 2. The molecule has 0 radical (unpaired) electrons. The van der Waals surface area contributed by atoms with Crippen molar-refractivity contribution in [2.75, 3.05) is 13.2 Å². The van der Waals surface area contributed by atoms with E-state index < -0.39 is 28.9 Å². The van der Waals surface area contributed by atoms with Crippen LogP contribution in [0.15, 0.2) is 41.3 Å². The maximum Gasteiger partial charge on any atom is 0.431 e. The third kappa shape index (κ3) is 4.69. The van der Waals surface area contributed by atoms with Crippen LogP contribution in [-0.2, 0) is 17.5 Å². The number of hydrogen-bond donors (Lipinski definition) is 2. The summed E-state index contributed by atoms with van der Waals surface area (Å²) in [6.45, 7) is 5.27. The van der Waals surface area contributed by atoms with E-state index >= 15 is 0 Å². The Morgan fingerprint density at radius 3 is 2.65 bits per heavy atom. The van der Waals surface area contributed by atoms with Crippen molar-refractivity contribution in [1.82, 2.24) is 14.8 Å². The van der Waals surface area contributed by atoms with Gasteiger partial charge in [0.1, 0.15) is 17.0 Å². The Kier molecular flexibility index (Phi) is 6.22. The molecule has 0 saturated heterocycles. The number of carbonyl (C=O) groups is 1. The van der Waals surface area contributed by atoms with Crippen LogP contribution >= 0.6 is 0 Å². The largest absolute Gasteiger partial charge is 0.493 e. The van der Waals surface area contributed by atoms with Crippen molar-refractivity contribution in [3.63, 3.8) is 0 Å². The van der Waals surface area contributed by atoms with Crippen molar-refractivity contribution in [3.05, 3.63) is 69.4 Å². The first kappa shape index (κ1) is 23.6. The van der Waals surface area contributed by atoms with E-state index in [0.717, 1.165) is 17.3 Å². The first-order valence-corrected chi connectivity index (χ1v) is 10.6. The van der Waals surface area contributed by atoms with Crippen molar-refractivity contribution < 1.29 is 27.4 Å². The maximum atomic E-state index is 13.5. The number of nitrogens with one attached hydrogen (secondary N) is 1. The summed E-state index contributed by atoms with van der Waals surface area (Å²) >= 11 is 0. The Hall–Kier alpha value is -3.60. The van der Waals surface area contributed by atoms with Crippen LogP contribution in [0.5, 0.6) is 5.75 Å². The number of pyridine rings is 1. The van der Waals surface area contributed by atoms with Gasteiger partial charge in [-0.05, 0) is 37.6 Å². The second kappa shape index (κ2) is 8.98. The number of halogens is 3. The molecular weight excluding hydrogens is 453 g/mol. The van der Waals surface area contributed by atoms with Crippen LogP contribution in [-0.4, -0.2) is 33.9 Å². The van der Waals surface area contributed by atoms with Gasteiger partial charge >= 0.3 is 6.18 Å². The predicted octanol–water partition coefficient (Wildman–Crippen LogP) is 3.63. The molecule has 0 aliphatic carbocycles. The normalized spacial score (nSPS) is 15.9. The number of benzene rings is 1. The van der Waals surface area contributed by atoms with E-state index in [1.54, 1.807) is 4.98 Å². The molecule has 3 aromatic rings. The van der Waals surface area contributed by atoms with Gasteiger partial charge in [0, 0.05) is 29.3 Å². The molecule has 11 heteroatoms. The second-order valence-corrected chi connectivity index (χ2v) is 8.32. The molecule has 1 atom stereocenters. The Balaban J connectivity index is 1.56. The van der Waals surface area contributed by atoms with Crippen LogP contribution in [0.1, 0.15) is 53.1 Å². The van der Waals surface area contributed by atoms with E-state index in [-0.39, 0.29) is 23.1 Å². The zero-order valence-electron chi connectivity index (χ0n) is 18.5. The summed E-state index contributed by atoms with van der Waals surface area (Å²) in [5.74, 6) is -0.712. The number of aromatic nitrogens is 3. The molecule has 1 aliphatic rings. The van der Waals surface area contributed by atoms with E-state index in [2.05, 4.69) is 5.10 Å². The van der Waals surface area contributed by atoms with Gasteiger partial charge in [-0.2, -0.15) is 18.3 Å². The fourth-order valence-electron chi connectivity index (χ4n) is 3.78. The molecule has 3 heterocycles. The number of aromatic amines is 1. The monoisotopic (exact) mass is 476 g/mol. The SMILES string of the molecule is CC(C)n1cc2c(n1)COCC2COc1ccc(-c2cc(C(N)=O)c(=O)[nH]c2C(F)(F)F)cc1. The second-order valence-electron chi connectivity index (χ2n) is 8.32. The first-order chi connectivity index (χ1) is 16.0. The molecule has 1 aromatic carbocycles. The highest BCUT2D eigenvalue weighted by atomic mass is 19.4. The fourth-order valence-corrected chi connectivity index (χ4v) is 3.78. The smallest absolute Gasteiger partial charge is 0.431 e. The molecular formula is C23H23F3N4O4. The molecule has 1 amide bonds. The lowest BCUT2D eigenvalue weighted by Crippen LogP contribution is -2.27. The number of nitrogens with two attached hydrogens (primary N) is 1. The van der Waals surface area contributed by atoms with Gasteiger partial charge in [-0.25, -0.2) is 0 Å². The quantitative estimate of drug-likeness (QED) is 0.564. The molecule has 2 aromatic heterocycles. The topological polar surface area (TPSA) is 112 Å². The number of carbonyl (C=O) groups excluding carboxylic acids is 1. The van der Waals surface area contributed by atoms with Gasteiger partial charge in [0.2, 0.25) is 0 Å². The summed E-state index contributed by atoms with van der Waals surface area (Å²) in [4.78, 5) is 25.0. The molecule has 180 valence electrons. The summed E-state index contributed by atoms with van der Waals surface area (Å²) < 4.78 is 53.9. The van der Waals surface area contributed by atoms with Gasteiger partial charge < -0.3 is 20.2 Å². The molecule has 0 saturated carbocycles. The zero-order valence-corrected chi connectivity index (χ0v) is 18.5. The van der Waals surface area contributed by atoms with E-state index in [4.69, 9.17) is 15.2 Å². The van der Waals surface area contributed by atoms with Gasteiger partial charge in [0.25, 0.3) is 11.5 Å². The third-order valence-corrected chi connectivity index (χ3v) is 5.57. The lowest BCUT2D eigenvalue weighted by molar-refractivity contribution is -0.140. The summed E-state index contributed by atoms with van der Waals surface area (Å²) in [7, 11) is 0. The Morgan fingerprint density at radius 1 is 1.32 bits per heavy atom. The lowest BCUT2D eigenvalue weighted by Gasteiger charge is -2.22. The third-order valence-electron chi connectivity index (χ3n) is 5.57. The minimum absolute atomic E-state index is 0.0370. The number of ether oxygens (including phenoxy) is 2. The summed E-state index contributed by atoms with van der Waals surface area (Å²) in [5.41, 5.74) is 3.82. The molecule has 0 spiro atoms. The standard InChI is InChI=1S/C23H23F3N4O4/c1-12(2)30-8-18-14(9-33-11-19(18)29-30)10-34-15-5-3-13(4-6-15)16-7-17(21(27)31)22(32)28-20(16)23(24,25)26/h3-8,12,14H,9-11H2,1-2H3,(H2,27,31)(H,28,32). The number of amides is 1. The molecule has 4 rings (SSSR count). The molecule has 34 heavy (non-hydrogen) atoms. The van der Waals surface area contributed by atoms with E-state index in [1.807, 2.05) is 24.7 Å². The minimum atomic E-state index is -4.83. The van der Waals surface area contributed by atoms with Gasteiger partial charge in [-0.15, -0.1) is 0 Å². The molecule has 3 N–H and O–H groups in total. The van der Waals surface area contributed by atoms with Gasteiger partial charge in [-0.3, -0.25) is 14.3 Å². The predicted molar refractivity (Wildman–Crippen MR) is 117 cm³/mol. The van der Waals surface area contributed by atoms with Crippen LogP contribution in [0, 0.1) is 0 Å². The minimum Gasteiger partial charge on any atom is -0.493 e. The van der Waals surface area contributed by atoms with Crippen molar-refractivity contribution in [1.29, 1.82) is 0 Å². The number of primary amides is 1. The van der Waals surface area contributed by atoms with Crippen LogP contribution in [0.4, 0.5) is 13.2 Å². The number of hydrogen-bond acceptors (Lipinski definition) is 5. The van der Waals surface area contributed by atoms with Crippen LogP contribution in [0.3, 0.4) is 0 Å².